The summed E-state index contributed by atoms with van der Waals surface area (Å²) in [6.07, 6.45) is 4.13. The molecule has 0 aromatic carbocycles. The Morgan fingerprint density at radius 3 is 2.57 bits per heavy atom. The molecular formula is C16H26N4O2S. The van der Waals surface area contributed by atoms with Crippen LogP contribution in [0.1, 0.15) is 31.4 Å². The highest BCUT2D eigenvalue weighted by Gasteiger charge is 2.28. The summed E-state index contributed by atoms with van der Waals surface area (Å²) >= 11 is 1.40. The summed E-state index contributed by atoms with van der Waals surface area (Å²) in [6.45, 7) is 3.32. The number of hydrogen-bond donors (Lipinski definition) is 1. The first-order chi connectivity index (χ1) is 11.0. The third kappa shape index (κ3) is 5.58. The Morgan fingerprint density at radius 1 is 1.30 bits per heavy atom. The lowest BCUT2D eigenvalue weighted by molar-refractivity contribution is -0.138. The number of aromatic nitrogens is 1. The minimum Gasteiger partial charge on any atom is -0.332 e. The number of anilines is 1. The molecule has 1 aliphatic rings. The molecule has 128 valence electrons. The molecule has 1 aromatic rings. The summed E-state index contributed by atoms with van der Waals surface area (Å²) in [5, 5.41) is 5.27. The summed E-state index contributed by atoms with van der Waals surface area (Å²) < 4.78 is 0. The van der Waals surface area contributed by atoms with Crippen molar-refractivity contribution in [3.63, 3.8) is 0 Å². The number of nitrogens with one attached hydrogen (secondary N) is 1. The van der Waals surface area contributed by atoms with Gasteiger partial charge in [0.15, 0.2) is 5.13 Å². The van der Waals surface area contributed by atoms with E-state index in [-0.39, 0.29) is 24.3 Å². The maximum absolute atomic E-state index is 12.7. The van der Waals surface area contributed by atoms with Gasteiger partial charge in [-0.05, 0) is 33.9 Å². The van der Waals surface area contributed by atoms with Crippen LogP contribution in [0.4, 0.5) is 5.13 Å². The molecule has 1 fully saturated rings. The molecule has 23 heavy (non-hydrogen) atoms. The molecule has 6 nitrogen and oxygen atoms in total. The number of likely N-dealkylation sites (N-methyl/N-ethyl adjacent to an activating group) is 1. The fourth-order valence-corrected chi connectivity index (χ4v) is 3.47. The van der Waals surface area contributed by atoms with E-state index in [0.29, 0.717) is 11.7 Å². The maximum Gasteiger partial charge on any atom is 0.245 e. The van der Waals surface area contributed by atoms with Crippen LogP contribution in [-0.4, -0.2) is 60.3 Å². The molecule has 2 amide bonds. The molecule has 0 radical (unpaired) electrons. The Bertz CT molecular complexity index is 538. The second kappa shape index (κ2) is 8.40. The molecule has 1 aromatic heterocycles. The molecule has 7 heteroatoms. The zero-order chi connectivity index (χ0) is 16.8. The Balaban J connectivity index is 1.94. The monoisotopic (exact) mass is 338 g/mol. The van der Waals surface area contributed by atoms with Crippen molar-refractivity contribution in [2.45, 2.75) is 32.6 Å². The molecule has 0 bridgehead atoms. The van der Waals surface area contributed by atoms with Gasteiger partial charge in [-0.25, -0.2) is 4.98 Å². The van der Waals surface area contributed by atoms with Gasteiger partial charge in [-0.1, -0.05) is 12.8 Å². The van der Waals surface area contributed by atoms with Crippen LogP contribution < -0.4 is 5.32 Å². The summed E-state index contributed by atoms with van der Waals surface area (Å²) in [7, 11) is 3.94. The average molecular weight is 338 g/mol. The molecule has 1 heterocycles. The van der Waals surface area contributed by atoms with Gasteiger partial charge in [0.1, 0.15) is 0 Å². The largest absolute Gasteiger partial charge is 0.332 e. The topological polar surface area (TPSA) is 65.5 Å². The number of hydrogen-bond acceptors (Lipinski definition) is 5. The predicted octanol–water partition coefficient (Wildman–Crippen LogP) is 1.97. The molecule has 2 rings (SSSR count). The SMILES string of the molecule is Cc1csc(NC(=O)CN(CCN(C)C)C(=O)C2CCCC2)n1. The van der Waals surface area contributed by atoms with E-state index in [1.54, 1.807) is 4.90 Å². The van der Waals surface area contributed by atoms with Crippen molar-refractivity contribution in [1.82, 2.24) is 14.8 Å². The van der Waals surface area contributed by atoms with Gasteiger partial charge in [0.25, 0.3) is 0 Å². The Morgan fingerprint density at radius 2 is 2.00 bits per heavy atom. The number of thiazole rings is 1. The number of amides is 2. The summed E-state index contributed by atoms with van der Waals surface area (Å²) in [5.74, 6) is 0.0336. The third-order valence-electron chi connectivity index (χ3n) is 4.03. The summed E-state index contributed by atoms with van der Waals surface area (Å²) in [6, 6.07) is 0. The molecule has 1 saturated carbocycles. The van der Waals surface area contributed by atoms with Gasteiger partial charge in [-0.2, -0.15) is 0 Å². The van der Waals surface area contributed by atoms with E-state index in [1.165, 1.54) is 11.3 Å². The molecule has 0 atom stereocenters. The highest BCUT2D eigenvalue weighted by Crippen LogP contribution is 2.26. The highest BCUT2D eigenvalue weighted by molar-refractivity contribution is 7.13. The van der Waals surface area contributed by atoms with E-state index < -0.39 is 0 Å². The van der Waals surface area contributed by atoms with E-state index >= 15 is 0 Å². The number of carbonyl (C=O) groups excluding carboxylic acids is 2. The molecular weight excluding hydrogens is 312 g/mol. The lowest BCUT2D eigenvalue weighted by Crippen LogP contribution is -2.43. The van der Waals surface area contributed by atoms with Crippen molar-refractivity contribution in [2.75, 3.05) is 39.0 Å². The van der Waals surface area contributed by atoms with E-state index in [4.69, 9.17) is 0 Å². The first kappa shape index (κ1) is 17.9. The van der Waals surface area contributed by atoms with E-state index in [9.17, 15) is 9.59 Å². The number of aryl methyl sites for hydroxylation is 1. The fourth-order valence-electron chi connectivity index (χ4n) is 2.76. The van der Waals surface area contributed by atoms with Crippen molar-refractivity contribution < 1.29 is 9.59 Å². The van der Waals surface area contributed by atoms with Gasteiger partial charge in [0.2, 0.25) is 11.8 Å². The van der Waals surface area contributed by atoms with Crippen LogP contribution in [0.3, 0.4) is 0 Å². The van der Waals surface area contributed by atoms with Crippen LogP contribution in [0.25, 0.3) is 0 Å². The first-order valence-corrected chi connectivity index (χ1v) is 8.99. The van der Waals surface area contributed by atoms with Gasteiger partial charge in [-0.15, -0.1) is 11.3 Å². The second-order valence-electron chi connectivity index (χ2n) is 6.39. The Labute approximate surface area is 141 Å². The van der Waals surface area contributed by atoms with Gasteiger partial charge in [0.05, 0.1) is 12.2 Å². The zero-order valence-electron chi connectivity index (χ0n) is 14.2. The molecule has 1 N–H and O–H groups in total. The summed E-state index contributed by atoms with van der Waals surface area (Å²) in [5.41, 5.74) is 0.886. The van der Waals surface area contributed by atoms with Crippen LogP contribution in [0.5, 0.6) is 0 Å². The first-order valence-electron chi connectivity index (χ1n) is 8.11. The highest BCUT2D eigenvalue weighted by atomic mass is 32.1. The summed E-state index contributed by atoms with van der Waals surface area (Å²) in [4.78, 5) is 32.9. The van der Waals surface area contributed by atoms with Gasteiger partial charge in [0, 0.05) is 24.4 Å². The minimum absolute atomic E-state index is 0.0899. The van der Waals surface area contributed by atoms with Crippen molar-refractivity contribution in [3.05, 3.63) is 11.1 Å². The predicted molar refractivity (Wildman–Crippen MR) is 92.6 cm³/mol. The standard InChI is InChI=1S/C16H26N4O2S/c1-12-11-23-16(17-12)18-14(21)10-20(9-8-19(2)3)15(22)13-6-4-5-7-13/h11,13H,4-10H2,1-3H3,(H,17,18,21). The van der Waals surface area contributed by atoms with E-state index in [0.717, 1.165) is 37.9 Å². The van der Waals surface area contributed by atoms with Crippen molar-refractivity contribution >= 4 is 28.3 Å². The lowest BCUT2D eigenvalue weighted by Gasteiger charge is -2.26. The lowest BCUT2D eigenvalue weighted by atomic mass is 10.1. The van der Waals surface area contributed by atoms with Crippen molar-refractivity contribution in [1.29, 1.82) is 0 Å². The Hall–Kier alpha value is -1.47. The third-order valence-corrected chi connectivity index (χ3v) is 4.91. The van der Waals surface area contributed by atoms with Gasteiger partial charge >= 0.3 is 0 Å². The van der Waals surface area contributed by atoms with Crippen LogP contribution in [0.2, 0.25) is 0 Å². The van der Waals surface area contributed by atoms with Crippen LogP contribution in [-0.2, 0) is 9.59 Å². The number of rotatable bonds is 7. The van der Waals surface area contributed by atoms with E-state index in [1.807, 2.05) is 31.3 Å². The van der Waals surface area contributed by atoms with E-state index in [2.05, 4.69) is 10.3 Å². The number of nitrogens with zero attached hydrogens (tertiary/aromatic N) is 3. The fraction of sp³-hybridized carbons (Fsp3) is 0.688. The van der Waals surface area contributed by atoms with Crippen molar-refractivity contribution in [2.24, 2.45) is 5.92 Å². The zero-order valence-corrected chi connectivity index (χ0v) is 15.0. The molecule has 0 saturated heterocycles. The van der Waals surface area contributed by atoms with Crippen LogP contribution >= 0.6 is 11.3 Å². The normalized spacial score (nSPS) is 15.1. The Kier molecular flexibility index (Phi) is 6.53. The molecule has 0 unspecified atom stereocenters. The quantitative estimate of drug-likeness (QED) is 0.825. The maximum atomic E-state index is 12.7. The number of carbonyl (C=O) groups is 2. The van der Waals surface area contributed by atoms with Crippen LogP contribution in [0.15, 0.2) is 5.38 Å². The van der Waals surface area contributed by atoms with Crippen molar-refractivity contribution in [3.8, 4) is 0 Å². The second-order valence-corrected chi connectivity index (χ2v) is 7.24. The smallest absolute Gasteiger partial charge is 0.245 e. The molecule has 0 aliphatic heterocycles. The van der Waals surface area contributed by atoms with Gasteiger partial charge < -0.3 is 15.1 Å². The molecule has 1 aliphatic carbocycles. The van der Waals surface area contributed by atoms with Gasteiger partial charge in [-0.3, -0.25) is 9.59 Å². The minimum atomic E-state index is -0.176. The average Bonchev–Trinajstić information content (AvgIpc) is 3.14. The molecule has 0 spiro atoms. The van der Waals surface area contributed by atoms with Crippen LogP contribution in [0, 0.1) is 12.8 Å².